The van der Waals surface area contributed by atoms with Crippen LogP contribution in [0.15, 0.2) is 78.2 Å². The summed E-state index contributed by atoms with van der Waals surface area (Å²) in [5, 5.41) is 1.89. The number of ketones is 1. The zero-order chi connectivity index (χ0) is 22.3. The Labute approximate surface area is 193 Å². The number of benzene rings is 2. The van der Waals surface area contributed by atoms with Crippen molar-refractivity contribution in [2.75, 3.05) is 7.05 Å². The minimum absolute atomic E-state index is 0.187. The summed E-state index contributed by atoms with van der Waals surface area (Å²) in [6.45, 7) is 0. The number of likely N-dealkylation sites (tertiary alicyclic amines) is 1. The molecule has 1 fully saturated rings. The predicted molar refractivity (Wildman–Crippen MR) is 128 cm³/mol. The van der Waals surface area contributed by atoms with Gasteiger partial charge in [-0.3, -0.25) is 9.69 Å². The third-order valence-electron chi connectivity index (χ3n) is 6.37. The fourth-order valence-corrected chi connectivity index (χ4v) is 5.13. The molecule has 0 N–H and O–H groups in total. The summed E-state index contributed by atoms with van der Waals surface area (Å²) in [4.78, 5) is 28.5. The minimum atomic E-state index is -0.318. The first kappa shape index (κ1) is 22.4. The molecule has 0 bridgehead atoms. The molecule has 0 spiro atoms. The van der Waals surface area contributed by atoms with Gasteiger partial charge in [0.2, 0.25) is 0 Å². The highest BCUT2D eigenvalue weighted by atomic mass is 32.1. The number of carbonyl (C=O) groups is 2. The van der Waals surface area contributed by atoms with E-state index in [4.69, 9.17) is 4.74 Å². The predicted octanol–water partition coefficient (Wildman–Crippen LogP) is 6.16. The van der Waals surface area contributed by atoms with Crippen LogP contribution in [-0.4, -0.2) is 35.8 Å². The lowest BCUT2D eigenvalue weighted by atomic mass is 9.88. The Bertz CT molecular complexity index is 1000. The topological polar surface area (TPSA) is 46.6 Å². The van der Waals surface area contributed by atoms with Crippen molar-refractivity contribution in [1.82, 2.24) is 4.90 Å². The Hall–Kier alpha value is -2.76. The highest BCUT2D eigenvalue weighted by Crippen LogP contribution is 2.33. The Balaban J connectivity index is 1.46. The molecule has 5 heteroatoms. The molecule has 1 aromatic heterocycles. The number of nitrogens with zero attached hydrogens (tertiary/aromatic N) is 1. The number of thiophene rings is 1. The Morgan fingerprint density at radius 1 is 0.969 bits per heavy atom. The van der Waals surface area contributed by atoms with Gasteiger partial charge in [0.1, 0.15) is 11.0 Å². The van der Waals surface area contributed by atoms with Crippen molar-refractivity contribution in [1.29, 1.82) is 0 Å². The highest BCUT2D eigenvalue weighted by Gasteiger charge is 2.32. The number of hydrogen-bond acceptors (Lipinski definition) is 5. The number of Topliss-reactive ketones (excluding diaryl/α,β-unsaturated/α-hetero) is 1. The van der Waals surface area contributed by atoms with Gasteiger partial charge < -0.3 is 4.74 Å². The minimum Gasteiger partial charge on any atom is -0.453 e. The maximum absolute atomic E-state index is 12.8. The zero-order valence-corrected chi connectivity index (χ0v) is 19.2. The number of carbonyl (C=O) groups excluding carboxylic acids is 2. The van der Waals surface area contributed by atoms with E-state index in [0.717, 1.165) is 30.4 Å². The molecule has 3 atom stereocenters. The van der Waals surface area contributed by atoms with Gasteiger partial charge in [-0.05, 0) is 36.9 Å². The Morgan fingerprint density at radius 2 is 1.66 bits per heavy atom. The van der Waals surface area contributed by atoms with Crippen molar-refractivity contribution in [2.24, 2.45) is 0 Å². The molecule has 0 saturated carbocycles. The van der Waals surface area contributed by atoms with E-state index in [1.54, 1.807) is 6.07 Å². The second-order valence-electron chi connectivity index (χ2n) is 8.41. The molecule has 0 amide bonds. The normalized spacial score (nSPS) is 19.9. The van der Waals surface area contributed by atoms with Crippen LogP contribution in [0.1, 0.15) is 63.8 Å². The average Bonchev–Trinajstić information content (AvgIpc) is 3.37. The molecule has 2 aromatic carbocycles. The van der Waals surface area contributed by atoms with Gasteiger partial charge in [-0.1, -0.05) is 73.2 Å². The number of rotatable bonds is 8. The van der Waals surface area contributed by atoms with Crippen LogP contribution in [0.4, 0.5) is 0 Å². The summed E-state index contributed by atoms with van der Waals surface area (Å²) >= 11 is 1.40. The van der Waals surface area contributed by atoms with E-state index in [1.165, 1.54) is 11.3 Å². The van der Waals surface area contributed by atoms with Crippen LogP contribution in [-0.2, 0) is 4.74 Å². The lowest BCUT2D eigenvalue weighted by Gasteiger charge is -2.40. The molecule has 0 radical (unpaired) electrons. The van der Waals surface area contributed by atoms with Gasteiger partial charge in [-0.25, -0.2) is 4.79 Å². The quantitative estimate of drug-likeness (QED) is 0.306. The largest absolute Gasteiger partial charge is 0.453 e. The molecule has 32 heavy (non-hydrogen) atoms. The van der Waals surface area contributed by atoms with Crippen molar-refractivity contribution in [3.8, 4) is 0 Å². The molecule has 1 saturated heterocycles. The van der Waals surface area contributed by atoms with Crippen LogP contribution in [0.5, 0.6) is 0 Å². The molecule has 3 unspecified atom stereocenters. The monoisotopic (exact) mass is 447 g/mol. The molecule has 4 rings (SSSR count). The number of hydrogen-bond donors (Lipinski definition) is 0. The van der Waals surface area contributed by atoms with Crippen LogP contribution in [0.25, 0.3) is 0 Å². The Kier molecular flexibility index (Phi) is 7.51. The molecule has 0 aliphatic carbocycles. The smallest absolute Gasteiger partial charge is 0.348 e. The van der Waals surface area contributed by atoms with Crippen LogP contribution in [0.2, 0.25) is 0 Å². The average molecular weight is 448 g/mol. The van der Waals surface area contributed by atoms with Gasteiger partial charge in [0.05, 0.1) is 0 Å². The van der Waals surface area contributed by atoms with E-state index >= 15 is 0 Å². The molecule has 4 nitrogen and oxygen atoms in total. The van der Waals surface area contributed by atoms with Crippen LogP contribution < -0.4 is 0 Å². The molecule has 1 aliphatic heterocycles. The van der Waals surface area contributed by atoms with Gasteiger partial charge in [-0.2, -0.15) is 0 Å². The molecule has 3 aromatic rings. The van der Waals surface area contributed by atoms with Crippen LogP contribution >= 0.6 is 11.3 Å². The summed E-state index contributed by atoms with van der Waals surface area (Å²) in [6.07, 6.45) is 4.03. The molecule has 1 aliphatic rings. The highest BCUT2D eigenvalue weighted by molar-refractivity contribution is 7.11. The summed E-state index contributed by atoms with van der Waals surface area (Å²) in [5.74, 6) is -0.0880. The maximum Gasteiger partial charge on any atom is 0.348 e. The standard InChI is InChI=1S/C27H29NO3S/c1-28-22(18-24(29)20-10-4-2-5-11-20)14-8-15-23(28)19-25(21-12-6-3-7-13-21)31-27(30)26-16-9-17-32-26/h2-7,9-13,16-17,22-23,25H,8,14-15,18-19H2,1H3. The first-order chi connectivity index (χ1) is 15.6. The van der Waals surface area contributed by atoms with Gasteiger partial charge in [0.25, 0.3) is 0 Å². The zero-order valence-electron chi connectivity index (χ0n) is 18.4. The van der Waals surface area contributed by atoms with Crippen molar-refractivity contribution >= 4 is 23.1 Å². The van der Waals surface area contributed by atoms with E-state index in [9.17, 15) is 9.59 Å². The summed E-state index contributed by atoms with van der Waals surface area (Å²) in [6, 6.07) is 23.6. The first-order valence-electron chi connectivity index (χ1n) is 11.2. The second kappa shape index (κ2) is 10.7. The van der Waals surface area contributed by atoms with Crippen LogP contribution in [0.3, 0.4) is 0 Å². The van der Waals surface area contributed by atoms with E-state index in [-0.39, 0.29) is 29.9 Å². The number of ether oxygens (including phenoxy) is 1. The second-order valence-corrected chi connectivity index (χ2v) is 9.36. The fraction of sp³-hybridized carbons (Fsp3) is 0.333. The summed E-state index contributed by atoms with van der Waals surface area (Å²) in [7, 11) is 2.11. The fourth-order valence-electron chi connectivity index (χ4n) is 4.53. The molecular weight excluding hydrogens is 418 g/mol. The first-order valence-corrected chi connectivity index (χ1v) is 12.1. The van der Waals surface area contributed by atoms with E-state index in [1.807, 2.05) is 72.1 Å². The third-order valence-corrected chi connectivity index (χ3v) is 7.22. The third kappa shape index (κ3) is 5.53. The maximum atomic E-state index is 12.8. The summed E-state index contributed by atoms with van der Waals surface area (Å²) < 4.78 is 6.00. The van der Waals surface area contributed by atoms with E-state index in [0.29, 0.717) is 17.7 Å². The molecule has 166 valence electrons. The molecular formula is C27H29NO3S. The molecule has 2 heterocycles. The lowest BCUT2D eigenvalue weighted by molar-refractivity contribution is 0.0121. The Morgan fingerprint density at radius 3 is 2.34 bits per heavy atom. The SMILES string of the molecule is CN1C(CC(=O)c2ccccc2)CCCC1CC(OC(=O)c1cccs1)c1ccccc1. The summed E-state index contributed by atoms with van der Waals surface area (Å²) in [5.41, 5.74) is 1.78. The lowest BCUT2D eigenvalue weighted by Crippen LogP contribution is -2.45. The number of esters is 1. The van der Waals surface area contributed by atoms with E-state index < -0.39 is 0 Å². The van der Waals surface area contributed by atoms with Crippen molar-refractivity contribution < 1.29 is 14.3 Å². The van der Waals surface area contributed by atoms with Crippen molar-refractivity contribution in [2.45, 2.75) is 50.3 Å². The van der Waals surface area contributed by atoms with Crippen LogP contribution in [0, 0.1) is 0 Å². The van der Waals surface area contributed by atoms with Crippen molar-refractivity contribution in [3.05, 3.63) is 94.2 Å². The van der Waals surface area contributed by atoms with E-state index in [2.05, 4.69) is 11.9 Å². The van der Waals surface area contributed by atoms with Gasteiger partial charge in [0.15, 0.2) is 5.78 Å². The number of piperidine rings is 1. The van der Waals surface area contributed by atoms with Gasteiger partial charge in [0, 0.05) is 30.5 Å². The van der Waals surface area contributed by atoms with Crippen molar-refractivity contribution in [3.63, 3.8) is 0 Å². The van der Waals surface area contributed by atoms with Gasteiger partial charge >= 0.3 is 5.97 Å². The van der Waals surface area contributed by atoms with Gasteiger partial charge in [-0.15, -0.1) is 11.3 Å².